The summed E-state index contributed by atoms with van der Waals surface area (Å²) in [5.41, 5.74) is 1.23. The molecule has 24 heavy (non-hydrogen) atoms. The molecule has 0 radical (unpaired) electrons. The minimum atomic E-state index is -0.926. The van der Waals surface area contributed by atoms with Crippen molar-refractivity contribution in [2.24, 2.45) is 0 Å². The van der Waals surface area contributed by atoms with E-state index < -0.39 is 18.0 Å². The van der Waals surface area contributed by atoms with E-state index in [0.29, 0.717) is 17.7 Å². The van der Waals surface area contributed by atoms with Gasteiger partial charge in [-0.05, 0) is 23.8 Å². The van der Waals surface area contributed by atoms with Crippen LogP contribution in [-0.2, 0) is 27.3 Å². The molecule has 0 saturated heterocycles. The summed E-state index contributed by atoms with van der Waals surface area (Å²) < 4.78 is 10.2. The number of hydrogen-bond donors (Lipinski definition) is 2. The highest BCUT2D eigenvalue weighted by molar-refractivity contribution is 5.96. The van der Waals surface area contributed by atoms with E-state index in [1.165, 1.54) is 6.26 Å². The van der Waals surface area contributed by atoms with Gasteiger partial charge in [-0.3, -0.25) is 9.59 Å². The number of cyclic esters (lactones) is 1. The summed E-state index contributed by atoms with van der Waals surface area (Å²) in [6, 6.07) is 10.4. The van der Waals surface area contributed by atoms with Crippen molar-refractivity contribution >= 4 is 17.8 Å². The number of carbonyl (C=O) groups excluding carboxylic acids is 3. The predicted octanol–water partition coefficient (Wildman–Crippen LogP) is 0.794. The SMILES string of the molecule is O=C(CNC(=O)C1Cc2ccccc2C(=O)O1)NCc1ccco1. The van der Waals surface area contributed by atoms with E-state index in [1.54, 1.807) is 36.4 Å². The molecule has 0 saturated carbocycles. The number of ether oxygens (including phenoxy) is 1. The van der Waals surface area contributed by atoms with Gasteiger partial charge in [-0.2, -0.15) is 0 Å². The van der Waals surface area contributed by atoms with E-state index in [1.807, 2.05) is 0 Å². The number of esters is 1. The lowest BCUT2D eigenvalue weighted by molar-refractivity contribution is -0.132. The summed E-state index contributed by atoms with van der Waals surface area (Å²) >= 11 is 0. The Balaban J connectivity index is 1.49. The summed E-state index contributed by atoms with van der Waals surface area (Å²) in [7, 11) is 0. The van der Waals surface area contributed by atoms with Crippen LogP contribution in [0.4, 0.5) is 0 Å². The Labute approximate surface area is 138 Å². The lowest BCUT2D eigenvalue weighted by Crippen LogP contribution is -2.45. The van der Waals surface area contributed by atoms with Gasteiger partial charge in [0.15, 0.2) is 6.10 Å². The fraction of sp³-hybridized carbons (Fsp3) is 0.235. The molecule has 2 amide bonds. The molecule has 1 aliphatic rings. The Morgan fingerprint density at radius 2 is 1.96 bits per heavy atom. The van der Waals surface area contributed by atoms with Crippen molar-refractivity contribution in [1.29, 1.82) is 0 Å². The molecule has 1 aromatic heterocycles. The van der Waals surface area contributed by atoms with Crippen molar-refractivity contribution in [2.45, 2.75) is 19.1 Å². The smallest absolute Gasteiger partial charge is 0.339 e. The number of nitrogens with one attached hydrogen (secondary N) is 2. The molecule has 0 bridgehead atoms. The van der Waals surface area contributed by atoms with Gasteiger partial charge in [0.1, 0.15) is 5.76 Å². The number of carbonyl (C=O) groups is 3. The average Bonchev–Trinajstić information content (AvgIpc) is 3.11. The van der Waals surface area contributed by atoms with Gasteiger partial charge in [0.2, 0.25) is 5.91 Å². The maximum atomic E-state index is 12.1. The van der Waals surface area contributed by atoms with Crippen LogP contribution in [0.2, 0.25) is 0 Å². The normalized spacial score (nSPS) is 16.0. The lowest BCUT2D eigenvalue weighted by atomic mass is 9.98. The summed E-state index contributed by atoms with van der Waals surface area (Å²) in [6.07, 6.45) is 0.880. The van der Waals surface area contributed by atoms with Crippen molar-refractivity contribution in [1.82, 2.24) is 10.6 Å². The average molecular weight is 328 g/mol. The van der Waals surface area contributed by atoms with Gasteiger partial charge in [-0.25, -0.2) is 4.79 Å². The van der Waals surface area contributed by atoms with Gasteiger partial charge < -0.3 is 19.8 Å². The highest BCUT2D eigenvalue weighted by atomic mass is 16.5. The number of furan rings is 1. The molecule has 1 atom stereocenters. The predicted molar refractivity (Wildman–Crippen MR) is 82.9 cm³/mol. The van der Waals surface area contributed by atoms with E-state index in [4.69, 9.17) is 9.15 Å². The molecule has 2 aromatic rings. The molecule has 0 spiro atoms. The van der Waals surface area contributed by atoms with Crippen molar-refractivity contribution in [3.63, 3.8) is 0 Å². The third-order valence-electron chi connectivity index (χ3n) is 3.65. The van der Waals surface area contributed by atoms with E-state index in [9.17, 15) is 14.4 Å². The molecule has 1 aliphatic heterocycles. The highest BCUT2D eigenvalue weighted by Gasteiger charge is 2.31. The van der Waals surface area contributed by atoms with Crippen LogP contribution in [0.1, 0.15) is 21.7 Å². The maximum Gasteiger partial charge on any atom is 0.339 e. The molecule has 2 N–H and O–H groups in total. The van der Waals surface area contributed by atoms with Crippen LogP contribution in [0.3, 0.4) is 0 Å². The lowest BCUT2D eigenvalue weighted by Gasteiger charge is -2.23. The molecule has 0 fully saturated rings. The van der Waals surface area contributed by atoms with Crippen LogP contribution in [0.15, 0.2) is 47.1 Å². The Morgan fingerprint density at radius 3 is 2.75 bits per heavy atom. The largest absolute Gasteiger partial charge is 0.467 e. The summed E-state index contributed by atoms with van der Waals surface area (Å²) in [6.45, 7) is 0.0444. The van der Waals surface area contributed by atoms with E-state index in [-0.39, 0.29) is 19.0 Å². The molecule has 124 valence electrons. The van der Waals surface area contributed by atoms with Crippen molar-refractivity contribution in [3.8, 4) is 0 Å². The van der Waals surface area contributed by atoms with E-state index in [2.05, 4.69) is 10.6 Å². The zero-order valence-corrected chi connectivity index (χ0v) is 12.8. The second-order valence-corrected chi connectivity index (χ2v) is 5.33. The molecular weight excluding hydrogens is 312 g/mol. The molecule has 7 nitrogen and oxygen atoms in total. The Kier molecular flexibility index (Phi) is 4.60. The van der Waals surface area contributed by atoms with Crippen LogP contribution in [-0.4, -0.2) is 30.4 Å². The minimum Gasteiger partial charge on any atom is -0.467 e. The quantitative estimate of drug-likeness (QED) is 0.791. The van der Waals surface area contributed by atoms with Gasteiger partial charge >= 0.3 is 5.97 Å². The fourth-order valence-electron chi connectivity index (χ4n) is 2.42. The number of fused-ring (bicyclic) bond motifs is 1. The second kappa shape index (κ2) is 6.99. The fourth-order valence-corrected chi connectivity index (χ4v) is 2.42. The van der Waals surface area contributed by atoms with Gasteiger partial charge in [0, 0.05) is 6.42 Å². The first-order valence-electron chi connectivity index (χ1n) is 7.49. The first-order chi connectivity index (χ1) is 11.6. The first-order valence-corrected chi connectivity index (χ1v) is 7.49. The highest BCUT2D eigenvalue weighted by Crippen LogP contribution is 2.20. The van der Waals surface area contributed by atoms with Gasteiger partial charge in [-0.15, -0.1) is 0 Å². The molecule has 3 rings (SSSR count). The van der Waals surface area contributed by atoms with Gasteiger partial charge in [-0.1, -0.05) is 18.2 Å². The van der Waals surface area contributed by atoms with Crippen LogP contribution in [0.25, 0.3) is 0 Å². The van der Waals surface area contributed by atoms with Crippen LogP contribution in [0, 0.1) is 0 Å². The Hall–Kier alpha value is -3.09. The molecule has 2 heterocycles. The molecule has 7 heteroatoms. The molecule has 1 unspecified atom stereocenters. The third kappa shape index (κ3) is 3.62. The van der Waals surface area contributed by atoms with Crippen LogP contribution < -0.4 is 10.6 Å². The number of amides is 2. The topological polar surface area (TPSA) is 97.6 Å². The molecular formula is C17H16N2O5. The van der Waals surface area contributed by atoms with Crippen molar-refractivity contribution < 1.29 is 23.5 Å². The summed E-state index contributed by atoms with van der Waals surface area (Å²) in [5.74, 6) is -0.764. The minimum absolute atomic E-state index is 0.199. The summed E-state index contributed by atoms with van der Waals surface area (Å²) in [4.78, 5) is 35.7. The number of hydrogen-bond acceptors (Lipinski definition) is 5. The van der Waals surface area contributed by atoms with Gasteiger partial charge in [0.25, 0.3) is 5.91 Å². The summed E-state index contributed by atoms with van der Waals surface area (Å²) in [5, 5.41) is 5.09. The zero-order chi connectivity index (χ0) is 16.9. The van der Waals surface area contributed by atoms with Crippen LogP contribution >= 0.6 is 0 Å². The third-order valence-corrected chi connectivity index (χ3v) is 3.65. The standard InChI is InChI=1S/C17H16N2O5/c20-15(18-9-12-5-3-7-23-12)10-19-16(21)14-8-11-4-1-2-6-13(11)17(22)24-14/h1-7,14H,8-10H2,(H,18,20)(H,19,21). The van der Waals surface area contributed by atoms with Crippen molar-refractivity contribution in [3.05, 3.63) is 59.5 Å². The van der Waals surface area contributed by atoms with Crippen LogP contribution in [0.5, 0.6) is 0 Å². The number of rotatable bonds is 5. The molecule has 1 aromatic carbocycles. The second-order valence-electron chi connectivity index (χ2n) is 5.33. The van der Waals surface area contributed by atoms with Gasteiger partial charge in [0.05, 0.1) is 24.9 Å². The van der Waals surface area contributed by atoms with Crippen molar-refractivity contribution in [2.75, 3.05) is 6.54 Å². The van der Waals surface area contributed by atoms with E-state index in [0.717, 1.165) is 5.56 Å². The Bertz CT molecular complexity index is 754. The maximum absolute atomic E-state index is 12.1. The number of benzene rings is 1. The van der Waals surface area contributed by atoms with E-state index >= 15 is 0 Å². The first kappa shape index (κ1) is 15.8. The zero-order valence-electron chi connectivity index (χ0n) is 12.8. The Morgan fingerprint density at radius 1 is 1.12 bits per heavy atom. The molecule has 0 aliphatic carbocycles. The monoisotopic (exact) mass is 328 g/mol.